The Kier molecular flexibility index (Phi) is 3.05. The number of nitrogens with zero attached hydrogens (tertiary/aromatic N) is 2. The van der Waals surface area contributed by atoms with Crippen LogP contribution in [0.4, 0.5) is 17.3 Å². The molecule has 0 amide bonds. The van der Waals surface area contributed by atoms with Crippen molar-refractivity contribution in [3.63, 3.8) is 0 Å². The molecule has 19 heavy (non-hydrogen) atoms. The summed E-state index contributed by atoms with van der Waals surface area (Å²) in [4.78, 5) is 8.52. The van der Waals surface area contributed by atoms with Gasteiger partial charge in [-0.25, -0.2) is 15.8 Å². The number of nitrogens with one attached hydrogen (secondary N) is 2. The summed E-state index contributed by atoms with van der Waals surface area (Å²) in [6.07, 6.45) is 3.62. The maximum absolute atomic E-state index is 5.39. The van der Waals surface area contributed by atoms with Gasteiger partial charge in [-0.05, 0) is 49.4 Å². The number of hydrogen-bond acceptors (Lipinski definition) is 5. The van der Waals surface area contributed by atoms with E-state index in [9.17, 15) is 0 Å². The predicted octanol–water partition coefficient (Wildman–Crippen LogP) is 2.30. The van der Waals surface area contributed by atoms with Crippen molar-refractivity contribution in [1.29, 1.82) is 0 Å². The lowest BCUT2D eigenvalue weighted by molar-refractivity contribution is 0.912. The molecule has 1 aromatic carbocycles. The van der Waals surface area contributed by atoms with E-state index in [1.54, 1.807) is 6.07 Å². The minimum Gasteiger partial charge on any atom is -0.340 e. The molecule has 3 rings (SSSR count). The highest BCUT2D eigenvalue weighted by molar-refractivity contribution is 5.61. The van der Waals surface area contributed by atoms with Crippen molar-refractivity contribution in [2.24, 2.45) is 5.84 Å². The van der Waals surface area contributed by atoms with Gasteiger partial charge in [-0.1, -0.05) is 6.07 Å². The van der Waals surface area contributed by atoms with Gasteiger partial charge in [-0.15, -0.1) is 0 Å². The maximum atomic E-state index is 5.39. The van der Waals surface area contributed by atoms with Crippen molar-refractivity contribution in [3.05, 3.63) is 41.2 Å². The summed E-state index contributed by atoms with van der Waals surface area (Å²) < 4.78 is 0. The van der Waals surface area contributed by atoms with E-state index in [0.29, 0.717) is 11.6 Å². The van der Waals surface area contributed by atoms with Crippen molar-refractivity contribution < 1.29 is 0 Å². The van der Waals surface area contributed by atoms with Gasteiger partial charge in [-0.3, -0.25) is 0 Å². The number of benzene rings is 1. The lowest BCUT2D eigenvalue weighted by Gasteiger charge is -2.09. The van der Waals surface area contributed by atoms with Crippen LogP contribution in [0, 0.1) is 6.92 Å². The largest absolute Gasteiger partial charge is 0.340 e. The van der Waals surface area contributed by atoms with E-state index in [-0.39, 0.29) is 0 Å². The molecule has 1 aliphatic carbocycles. The molecule has 0 fully saturated rings. The fourth-order valence-electron chi connectivity index (χ4n) is 2.50. The fourth-order valence-corrected chi connectivity index (χ4v) is 2.50. The summed E-state index contributed by atoms with van der Waals surface area (Å²) in [6, 6.07) is 8.29. The first-order valence-corrected chi connectivity index (χ1v) is 6.46. The smallest absolute Gasteiger partial charge is 0.145 e. The molecule has 5 heteroatoms. The molecule has 4 N–H and O–H groups in total. The van der Waals surface area contributed by atoms with Crippen LogP contribution in [-0.4, -0.2) is 9.97 Å². The van der Waals surface area contributed by atoms with Crippen LogP contribution in [0.1, 0.15) is 23.4 Å². The zero-order valence-corrected chi connectivity index (χ0v) is 10.9. The van der Waals surface area contributed by atoms with Gasteiger partial charge in [0.2, 0.25) is 0 Å². The number of nitrogens with two attached hydrogens (primary N) is 1. The zero-order chi connectivity index (χ0) is 13.2. The third-order valence-corrected chi connectivity index (χ3v) is 3.36. The van der Waals surface area contributed by atoms with E-state index >= 15 is 0 Å². The van der Waals surface area contributed by atoms with Gasteiger partial charge in [0.25, 0.3) is 0 Å². The molecular formula is C14H17N5. The number of hydrazine groups is 1. The number of hydrogen-bond donors (Lipinski definition) is 3. The second kappa shape index (κ2) is 4.85. The van der Waals surface area contributed by atoms with Crippen molar-refractivity contribution in [1.82, 2.24) is 9.97 Å². The molecule has 0 atom stereocenters. The van der Waals surface area contributed by atoms with Gasteiger partial charge >= 0.3 is 0 Å². The molecule has 2 aromatic rings. The minimum atomic E-state index is 0.608. The molecule has 0 unspecified atom stereocenters. The molecule has 0 spiro atoms. The molecule has 0 saturated heterocycles. The number of fused-ring (bicyclic) bond motifs is 1. The SMILES string of the molecule is Cc1nc(NN)cc(Nc2ccc3c(c2)CCC3)n1. The summed E-state index contributed by atoms with van der Waals surface area (Å²) in [5.41, 5.74) is 6.51. The van der Waals surface area contributed by atoms with Crippen LogP contribution in [-0.2, 0) is 12.8 Å². The van der Waals surface area contributed by atoms with Crippen LogP contribution >= 0.6 is 0 Å². The second-order valence-corrected chi connectivity index (χ2v) is 4.79. The summed E-state index contributed by atoms with van der Waals surface area (Å²) in [6.45, 7) is 1.84. The Labute approximate surface area is 112 Å². The van der Waals surface area contributed by atoms with E-state index in [0.717, 1.165) is 11.5 Å². The van der Waals surface area contributed by atoms with Crippen LogP contribution in [0.2, 0.25) is 0 Å². The molecule has 1 heterocycles. The average molecular weight is 255 g/mol. The lowest BCUT2D eigenvalue weighted by Crippen LogP contribution is -2.10. The first-order valence-electron chi connectivity index (χ1n) is 6.46. The Balaban J connectivity index is 1.86. The number of nitrogen functional groups attached to an aromatic ring is 1. The Morgan fingerprint density at radius 2 is 1.84 bits per heavy atom. The van der Waals surface area contributed by atoms with Crippen LogP contribution in [0.5, 0.6) is 0 Å². The van der Waals surface area contributed by atoms with Crippen molar-refractivity contribution in [2.45, 2.75) is 26.2 Å². The monoisotopic (exact) mass is 255 g/mol. The lowest BCUT2D eigenvalue weighted by atomic mass is 10.1. The normalized spacial score (nSPS) is 13.2. The van der Waals surface area contributed by atoms with E-state index < -0.39 is 0 Å². The summed E-state index contributed by atoms with van der Waals surface area (Å²) >= 11 is 0. The molecule has 0 radical (unpaired) electrons. The van der Waals surface area contributed by atoms with Gasteiger partial charge in [0.1, 0.15) is 17.5 Å². The standard InChI is InChI=1S/C14H17N5/c1-9-16-13(8-14(17-9)19-15)18-12-6-5-10-3-2-4-11(10)7-12/h5-8H,2-4,15H2,1H3,(H2,16,17,18,19). The Morgan fingerprint density at radius 1 is 1.05 bits per heavy atom. The summed E-state index contributed by atoms with van der Waals surface area (Å²) in [5, 5.41) is 3.30. The predicted molar refractivity (Wildman–Crippen MR) is 76.3 cm³/mol. The van der Waals surface area contributed by atoms with Gasteiger partial charge in [0, 0.05) is 11.8 Å². The van der Waals surface area contributed by atoms with Crippen LogP contribution in [0.3, 0.4) is 0 Å². The Morgan fingerprint density at radius 3 is 2.68 bits per heavy atom. The van der Waals surface area contributed by atoms with Crippen LogP contribution in [0.15, 0.2) is 24.3 Å². The number of aryl methyl sites for hydroxylation is 3. The highest BCUT2D eigenvalue weighted by Crippen LogP contribution is 2.26. The average Bonchev–Trinajstić information content (AvgIpc) is 2.85. The van der Waals surface area contributed by atoms with E-state index in [1.807, 2.05) is 6.92 Å². The van der Waals surface area contributed by atoms with Gasteiger partial charge in [0.05, 0.1) is 0 Å². The Hall–Kier alpha value is -2.14. The molecule has 1 aliphatic rings. The van der Waals surface area contributed by atoms with Crippen molar-refractivity contribution in [2.75, 3.05) is 10.7 Å². The van der Waals surface area contributed by atoms with Gasteiger partial charge in [-0.2, -0.15) is 0 Å². The third-order valence-electron chi connectivity index (χ3n) is 3.36. The summed E-state index contributed by atoms with van der Waals surface area (Å²) in [7, 11) is 0. The first-order chi connectivity index (χ1) is 9.24. The quantitative estimate of drug-likeness (QED) is 0.579. The minimum absolute atomic E-state index is 0.608. The first kappa shape index (κ1) is 11.9. The van der Waals surface area contributed by atoms with Crippen LogP contribution in [0.25, 0.3) is 0 Å². The third kappa shape index (κ3) is 2.51. The highest BCUT2D eigenvalue weighted by atomic mass is 15.3. The number of rotatable bonds is 3. The number of aromatic nitrogens is 2. The maximum Gasteiger partial charge on any atom is 0.145 e. The molecule has 0 aliphatic heterocycles. The second-order valence-electron chi connectivity index (χ2n) is 4.79. The van der Waals surface area contributed by atoms with Gasteiger partial charge < -0.3 is 10.7 Å². The Bertz CT molecular complexity index is 609. The molecule has 5 nitrogen and oxygen atoms in total. The fraction of sp³-hybridized carbons (Fsp3) is 0.286. The molecule has 98 valence electrons. The highest BCUT2D eigenvalue weighted by Gasteiger charge is 2.11. The van der Waals surface area contributed by atoms with Gasteiger partial charge in [0.15, 0.2) is 0 Å². The van der Waals surface area contributed by atoms with E-state index in [4.69, 9.17) is 5.84 Å². The topological polar surface area (TPSA) is 75.9 Å². The summed E-state index contributed by atoms with van der Waals surface area (Å²) in [5.74, 6) is 7.42. The van der Waals surface area contributed by atoms with E-state index in [1.165, 1.54) is 30.4 Å². The molecule has 0 bridgehead atoms. The van der Waals surface area contributed by atoms with Crippen molar-refractivity contribution in [3.8, 4) is 0 Å². The molecule has 0 saturated carbocycles. The van der Waals surface area contributed by atoms with Crippen molar-refractivity contribution >= 4 is 17.3 Å². The van der Waals surface area contributed by atoms with E-state index in [2.05, 4.69) is 38.9 Å². The molecule has 1 aromatic heterocycles. The van der Waals surface area contributed by atoms with Crippen LogP contribution < -0.4 is 16.6 Å². The zero-order valence-electron chi connectivity index (χ0n) is 10.9. The molecular weight excluding hydrogens is 238 g/mol. The number of anilines is 3.